The van der Waals surface area contributed by atoms with Gasteiger partial charge in [-0.15, -0.1) is 0 Å². The van der Waals surface area contributed by atoms with Crippen LogP contribution in [0.25, 0.3) is 0 Å². The van der Waals surface area contributed by atoms with Crippen molar-refractivity contribution in [1.82, 2.24) is 0 Å². The van der Waals surface area contributed by atoms with Crippen molar-refractivity contribution in [2.24, 2.45) is 5.92 Å². The third-order valence-electron chi connectivity index (χ3n) is 2.89. The number of rotatable bonds is 5. The maximum absolute atomic E-state index is 11.7. The maximum Gasteiger partial charge on any atom is 0.342 e. The van der Waals surface area contributed by atoms with Crippen molar-refractivity contribution in [3.05, 3.63) is 23.8 Å². The Balaban J connectivity index is 2.67. The third kappa shape index (κ3) is 3.37. The van der Waals surface area contributed by atoms with E-state index in [1.165, 1.54) is 12.1 Å². The average Bonchev–Trinajstić information content (AvgIpc) is 2.33. The van der Waals surface area contributed by atoms with Gasteiger partial charge in [0.15, 0.2) is 5.75 Å². The van der Waals surface area contributed by atoms with Crippen LogP contribution in [0.5, 0.6) is 5.75 Å². The van der Waals surface area contributed by atoms with Gasteiger partial charge in [0.05, 0.1) is 12.3 Å². The SMILES string of the molecule is CCC(CC)COC(=O)c1cccc(N)c1O. The lowest BCUT2D eigenvalue weighted by atomic mass is 10.1. The van der Waals surface area contributed by atoms with E-state index in [9.17, 15) is 9.90 Å². The summed E-state index contributed by atoms with van der Waals surface area (Å²) < 4.78 is 5.15. The van der Waals surface area contributed by atoms with Crippen LogP contribution in [0.15, 0.2) is 18.2 Å². The van der Waals surface area contributed by atoms with Crippen molar-refractivity contribution in [3.8, 4) is 5.75 Å². The van der Waals surface area contributed by atoms with E-state index in [4.69, 9.17) is 10.5 Å². The number of hydrogen-bond acceptors (Lipinski definition) is 4. The fraction of sp³-hybridized carbons (Fsp3) is 0.462. The van der Waals surface area contributed by atoms with Crippen LogP contribution in [0.1, 0.15) is 37.0 Å². The Hall–Kier alpha value is -1.71. The standard InChI is InChI=1S/C13H19NO3/c1-3-9(4-2)8-17-13(16)10-6-5-7-11(14)12(10)15/h5-7,9,15H,3-4,8,14H2,1-2H3. The van der Waals surface area contributed by atoms with Crippen LogP contribution in [0.4, 0.5) is 5.69 Å². The summed E-state index contributed by atoms with van der Waals surface area (Å²) in [7, 11) is 0. The molecule has 0 saturated heterocycles. The molecule has 0 saturated carbocycles. The van der Waals surface area contributed by atoms with Crippen LogP contribution >= 0.6 is 0 Å². The monoisotopic (exact) mass is 237 g/mol. The summed E-state index contributed by atoms with van der Waals surface area (Å²) in [5.41, 5.74) is 5.81. The van der Waals surface area contributed by atoms with Gasteiger partial charge in [0.2, 0.25) is 0 Å². The Bertz CT molecular complexity index is 386. The van der Waals surface area contributed by atoms with E-state index >= 15 is 0 Å². The first kappa shape index (κ1) is 13.4. The lowest BCUT2D eigenvalue weighted by Crippen LogP contribution is -2.13. The number of benzene rings is 1. The van der Waals surface area contributed by atoms with E-state index in [-0.39, 0.29) is 17.0 Å². The highest BCUT2D eigenvalue weighted by molar-refractivity contribution is 5.94. The van der Waals surface area contributed by atoms with Gasteiger partial charge >= 0.3 is 5.97 Å². The zero-order chi connectivity index (χ0) is 12.8. The molecule has 94 valence electrons. The smallest absolute Gasteiger partial charge is 0.342 e. The molecule has 0 radical (unpaired) electrons. The molecule has 0 unspecified atom stereocenters. The van der Waals surface area contributed by atoms with Crippen LogP contribution < -0.4 is 5.73 Å². The highest BCUT2D eigenvalue weighted by atomic mass is 16.5. The molecule has 0 atom stereocenters. The van der Waals surface area contributed by atoms with Crippen LogP contribution in [0.3, 0.4) is 0 Å². The average molecular weight is 237 g/mol. The molecule has 1 aromatic rings. The lowest BCUT2D eigenvalue weighted by molar-refractivity contribution is 0.0430. The number of phenols is 1. The first-order chi connectivity index (χ1) is 8.10. The van der Waals surface area contributed by atoms with Crippen molar-refractivity contribution in [2.75, 3.05) is 12.3 Å². The summed E-state index contributed by atoms with van der Waals surface area (Å²) in [6, 6.07) is 4.65. The summed E-state index contributed by atoms with van der Waals surface area (Å²) in [5, 5.41) is 9.62. The number of nitrogens with two attached hydrogens (primary N) is 1. The molecule has 4 nitrogen and oxygen atoms in total. The quantitative estimate of drug-likeness (QED) is 0.469. The maximum atomic E-state index is 11.7. The van der Waals surface area contributed by atoms with Crippen LogP contribution in [0, 0.1) is 5.92 Å². The molecule has 0 heterocycles. The normalized spacial score (nSPS) is 10.5. The van der Waals surface area contributed by atoms with Crippen LogP contribution in [-0.2, 0) is 4.74 Å². The molecule has 3 N–H and O–H groups in total. The minimum Gasteiger partial charge on any atom is -0.505 e. The topological polar surface area (TPSA) is 72.5 Å². The molecule has 4 heteroatoms. The van der Waals surface area contributed by atoms with Gasteiger partial charge in [-0.2, -0.15) is 0 Å². The number of ether oxygens (including phenoxy) is 1. The van der Waals surface area contributed by atoms with E-state index in [1.54, 1.807) is 6.07 Å². The summed E-state index contributed by atoms with van der Waals surface area (Å²) in [6.07, 6.45) is 1.93. The van der Waals surface area contributed by atoms with Gasteiger partial charge in [-0.05, 0) is 18.1 Å². The number of anilines is 1. The fourth-order valence-electron chi connectivity index (χ4n) is 1.52. The molecular formula is C13H19NO3. The highest BCUT2D eigenvalue weighted by Crippen LogP contribution is 2.25. The number of nitrogen functional groups attached to an aromatic ring is 1. The second-order valence-electron chi connectivity index (χ2n) is 4.02. The number of phenolic OH excluding ortho intramolecular Hbond substituents is 1. The van der Waals surface area contributed by atoms with E-state index in [0.29, 0.717) is 12.5 Å². The molecule has 1 aromatic carbocycles. The molecule has 1 rings (SSSR count). The van der Waals surface area contributed by atoms with Gasteiger partial charge in [-0.25, -0.2) is 4.79 Å². The van der Waals surface area contributed by atoms with Crippen LogP contribution in [-0.4, -0.2) is 17.7 Å². The fourth-order valence-corrected chi connectivity index (χ4v) is 1.52. The molecule has 0 bridgehead atoms. The van der Waals surface area contributed by atoms with Crippen molar-refractivity contribution in [1.29, 1.82) is 0 Å². The van der Waals surface area contributed by atoms with E-state index in [0.717, 1.165) is 12.8 Å². The minimum absolute atomic E-state index is 0.121. The Morgan fingerprint density at radius 3 is 2.65 bits per heavy atom. The first-order valence-electron chi connectivity index (χ1n) is 5.84. The summed E-state index contributed by atoms with van der Waals surface area (Å²) in [6.45, 7) is 4.49. The molecule has 0 aromatic heterocycles. The zero-order valence-electron chi connectivity index (χ0n) is 10.3. The Morgan fingerprint density at radius 1 is 1.41 bits per heavy atom. The number of para-hydroxylation sites is 1. The van der Waals surface area contributed by atoms with E-state index in [1.807, 2.05) is 0 Å². The number of carbonyl (C=O) groups excluding carboxylic acids is 1. The molecule has 0 amide bonds. The van der Waals surface area contributed by atoms with Crippen molar-refractivity contribution >= 4 is 11.7 Å². The summed E-state index contributed by atoms with van der Waals surface area (Å²) in [4.78, 5) is 11.7. The van der Waals surface area contributed by atoms with Crippen molar-refractivity contribution < 1.29 is 14.6 Å². The second-order valence-corrected chi connectivity index (χ2v) is 4.02. The third-order valence-corrected chi connectivity index (χ3v) is 2.89. The van der Waals surface area contributed by atoms with Gasteiger partial charge in [0.1, 0.15) is 5.56 Å². The van der Waals surface area contributed by atoms with Gasteiger partial charge in [-0.1, -0.05) is 32.8 Å². The predicted molar refractivity (Wildman–Crippen MR) is 66.9 cm³/mol. The minimum atomic E-state index is -0.526. The van der Waals surface area contributed by atoms with Gasteiger partial charge in [0, 0.05) is 0 Å². The number of esters is 1. The molecule has 17 heavy (non-hydrogen) atoms. The first-order valence-corrected chi connectivity index (χ1v) is 5.84. The Labute approximate surface area is 101 Å². The molecule has 0 spiro atoms. The summed E-state index contributed by atoms with van der Waals surface area (Å²) >= 11 is 0. The van der Waals surface area contributed by atoms with Crippen LogP contribution in [0.2, 0.25) is 0 Å². The lowest BCUT2D eigenvalue weighted by Gasteiger charge is -2.13. The van der Waals surface area contributed by atoms with E-state index < -0.39 is 5.97 Å². The number of hydrogen-bond donors (Lipinski definition) is 2. The predicted octanol–water partition coefficient (Wildman–Crippen LogP) is 2.57. The van der Waals surface area contributed by atoms with E-state index in [2.05, 4.69) is 13.8 Å². The van der Waals surface area contributed by atoms with Gasteiger partial charge < -0.3 is 15.6 Å². The largest absolute Gasteiger partial charge is 0.505 e. The molecule has 0 fully saturated rings. The number of aromatic hydroxyl groups is 1. The number of carbonyl (C=O) groups is 1. The van der Waals surface area contributed by atoms with Crippen molar-refractivity contribution in [2.45, 2.75) is 26.7 Å². The summed E-state index contributed by atoms with van der Waals surface area (Å²) in [5.74, 6) is -0.370. The Kier molecular flexibility index (Phi) is 4.82. The van der Waals surface area contributed by atoms with Gasteiger partial charge in [-0.3, -0.25) is 0 Å². The Morgan fingerprint density at radius 2 is 2.06 bits per heavy atom. The zero-order valence-corrected chi connectivity index (χ0v) is 10.3. The second kappa shape index (κ2) is 6.13. The van der Waals surface area contributed by atoms with Crippen molar-refractivity contribution in [3.63, 3.8) is 0 Å². The molecule has 0 aliphatic heterocycles. The molecule has 0 aliphatic rings. The molecular weight excluding hydrogens is 218 g/mol. The highest BCUT2D eigenvalue weighted by Gasteiger charge is 2.15. The molecule has 0 aliphatic carbocycles. The van der Waals surface area contributed by atoms with Gasteiger partial charge in [0.25, 0.3) is 0 Å².